The summed E-state index contributed by atoms with van der Waals surface area (Å²) in [7, 11) is 0. The third kappa shape index (κ3) is 3.53. The maximum absolute atomic E-state index is 12.5. The summed E-state index contributed by atoms with van der Waals surface area (Å²) in [6.07, 6.45) is -4.93. The Morgan fingerprint density at radius 3 is 2.13 bits per heavy atom. The van der Waals surface area contributed by atoms with Crippen LogP contribution in [0.3, 0.4) is 0 Å². The Bertz CT molecular complexity index is 339. The summed E-state index contributed by atoms with van der Waals surface area (Å²) < 4.78 is 37.4. The third-order valence-electron chi connectivity index (χ3n) is 1.85. The minimum absolute atomic E-state index is 0.127. The number of benzene rings is 1. The van der Waals surface area contributed by atoms with Crippen LogP contribution in [0.4, 0.5) is 13.2 Å². The van der Waals surface area contributed by atoms with Gasteiger partial charge >= 0.3 is 6.18 Å². The van der Waals surface area contributed by atoms with Crippen LogP contribution in [0, 0.1) is 0 Å². The average molecular weight is 220 g/mol. The smallest absolute Gasteiger partial charge is 0.366 e. The zero-order chi connectivity index (χ0) is 11.7. The second-order valence-electron chi connectivity index (χ2n) is 3.55. The summed E-state index contributed by atoms with van der Waals surface area (Å²) in [5, 5.41) is 18.1. The molecule has 0 aliphatic heterocycles. The monoisotopic (exact) mass is 220 g/mol. The van der Waals surface area contributed by atoms with Crippen LogP contribution in [0.2, 0.25) is 0 Å². The number of alkyl halides is 3. The quantitative estimate of drug-likeness (QED) is 0.748. The van der Waals surface area contributed by atoms with Crippen molar-refractivity contribution in [2.75, 3.05) is 0 Å². The molecule has 0 radical (unpaired) electrons. The lowest BCUT2D eigenvalue weighted by Crippen LogP contribution is -2.27. The molecule has 0 unspecified atom stereocenters. The van der Waals surface area contributed by atoms with Crippen molar-refractivity contribution < 1.29 is 23.4 Å². The highest BCUT2D eigenvalue weighted by Gasteiger charge is 2.34. The van der Waals surface area contributed by atoms with E-state index < -0.39 is 23.9 Å². The molecule has 0 heterocycles. The number of aliphatic hydroxyl groups is 2. The molecule has 0 aliphatic rings. The second-order valence-corrected chi connectivity index (χ2v) is 3.55. The number of hydrogen-bond acceptors (Lipinski definition) is 2. The van der Waals surface area contributed by atoms with Crippen LogP contribution in [0.1, 0.15) is 18.1 Å². The first-order valence-electron chi connectivity index (χ1n) is 4.30. The third-order valence-corrected chi connectivity index (χ3v) is 1.85. The molecule has 5 heteroatoms. The van der Waals surface area contributed by atoms with E-state index in [1.807, 2.05) is 0 Å². The second kappa shape index (κ2) is 3.83. The average Bonchev–Trinajstić information content (AvgIpc) is 1.99. The van der Waals surface area contributed by atoms with Gasteiger partial charge in [-0.05, 0) is 18.6 Å². The fourth-order valence-corrected chi connectivity index (χ4v) is 1.31. The highest BCUT2D eigenvalue weighted by molar-refractivity contribution is 5.30. The fraction of sp³-hybridized carbons (Fsp3) is 0.400. The van der Waals surface area contributed by atoms with E-state index in [0.717, 1.165) is 13.0 Å². The molecule has 84 valence electrons. The van der Waals surface area contributed by atoms with Crippen LogP contribution >= 0.6 is 0 Å². The molecular weight excluding hydrogens is 209 g/mol. The molecule has 1 aromatic carbocycles. The molecule has 1 aromatic rings. The van der Waals surface area contributed by atoms with Gasteiger partial charge < -0.3 is 10.2 Å². The fourth-order valence-electron chi connectivity index (χ4n) is 1.31. The van der Waals surface area contributed by atoms with Crippen LogP contribution in [0.15, 0.2) is 24.3 Å². The zero-order valence-electron chi connectivity index (χ0n) is 8.04. The zero-order valence-corrected chi connectivity index (χ0v) is 8.04. The normalized spacial score (nSPS) is 12.9. The van der Waals surface area contributed by atoms with E-state index in [1.54, 1.807) is 0 Å². The van der Waals surface area contributed by atoms with Gasteiger partial charge in [-0.25, -0.2) is 0 Å². The van der Waals surface area contributed by atoms with Gasteiger partial charge in [0.15, 0.2) is 5.79 Å². The van der Waals surface area contributed by atoms with Crippen molar-refractivity contribution in [3.05, 3.63) is 35.4 Å². The predicted molar refractivity (Wildman–Crippen MR) is 48.0 cm³/mol. The van der Waals surface area contributed by atoms with E-state index in [-0.39, 0.29) is 5.56 Å². The van der Waals surface area contributed by atoms with E-state index >= 15 is 0 Å². The highest BCUT2D eigenvalue weighted by atomic mass is 19.4. The van der Waals surface area contributed by atoms with Crippen molar-refractivity contribution in [2.45, 2.75) is 25.3 Å². The number of rotatable bonds is 2. The molecule has 0 saturated heterocycles. The lowest BCUT2D eigenvalue weighted by Gasteiger charge is -2.19. The minimum Gasteiger partial charge on any atom is -0.366 e. The van der Waals surface area contributed by atoms with E-state index in [4.69, 9.17) is 10.2 Å². The molecule has 0 atom stereocenters. The molecular formula is C10H11F3O2. The van der Waals surface area contributed by atoms with E-state index in [0.29, 0.717) is 0 Å². The van der Waals surface area contributed by atoms with Crippen LogP contribution in [-0.2, 0) is 12.6 Å². The summed E-state index contributed by atoms with van der Waals surface area (Å²) >= 11 is 0. The van der Waals surface area contributed by atoms with Crippen molar-refractivity contribution in [2.24, 2.45) is 0 Å². The Morgan fingerprint density at radius 1 is 1.13 bits per heavy atom. The van der Waals surface area contributed by atoms with E-state index in [9.17, 15) is 13.2 Å². The summed E-state index contributed by atoms with van der Waals surface area (Å²) in [5.41, 5.74) is -0.961. The molecule has 0 bridgehead atoms. The molecule has 0 amide bonds. The molecule has 2 nitrogen and oxygen atoms in total. The molecule has 0 saturated carbocycles. The maximum atomic E-state index is 12.5. The SMILES string of the molecule is CC(O)(O)Cc1ccccc1C(F)(F)F. The Hall–Kier alpha value is -1.07. The first kappa shape index (κ1) is 12.0. The van der Waals surface area contributed by atoms with Gasteiger partial charge in [-0.15, -0.1) is 0 Å². The lowest BCUT2D eigenvalue weighted by molar-refractivity contribution is -0.149. The molecule has 0 aromatic heterocycles. The van der Waals surface area contributed by atoms with Crippen molar-refractivity contribution in [1.82, 2.24) is 0 Å². The number of hydrogen-bond donors (Lipinski definition) is 2. The molecule has 1 rings (SSSR count). The minimum atomic E-state index is -4.47. The molecule has 0 spiro atoms. The van der Waals surface area contributed by atoms with Gasteiger partial charge in [0, 0.05) is 6.42 Å². The maximum Gasteiger partial charge on any atom is 0.416 e. The van der Waals surface area contributed by atoms with Gasteiger partial charge in [-0.1, -0.05) is 18.2 Å². The van der Waals surface area contributed by atoms with Gasteiger partial charge in [0.25, 0.3) is 0 Å². The molecule has 0 fully saturated rings. The highest BCUT2D eigenvalue weighted by Crippen LogP contribution is 2.32. The van der Waals surface area contributed by atoms with Crippen LogP contribution in [0.5, 0.6) is 0 Å². The first-order valence-corrected chi connectivity index (χ1v) is 4.30. The summed E-state index contributed by atoms with van der Waals surface area (Å²) in [6, 6.07) is 4.84. The lowest BCUT2D eigenvalue weighted by atomic mass is 10.0. The largest absolute Gasteiger partial charge is 0.416 e. The van der Waals surface area contributed by atoms with Crippen LogP contribution in [0.25, 0.3) is 0 Å². The van der Waals surface area contributed by atoms with Crippen molar-refractivity contribution in [3.63, 3.8) is 0 Å². The topological polar surface area (TPSA) is 40.5 Å². The van der Waals surface area contributed by atoms with Gasteiger partial charge in [0.2, 0.25) is 0 Å². The van der Waals surface area contributed by atoms with Gasteiger partial charge in [0.05, 0.1) is 5.56 Å². The first-order chi connectivity index (χ1) is 6.70. The molecule has 0 aliphatic carbocycles. The standard InChI is InChI=1S/C10H11F3O2/c1-9(14,15)6-7-4-2-3-5-8(7)10(11,12)13/h2-5,14-15H,6H2,1H3. The summed E-state index contributed by atoms with van der Waals surface area (Å²) in [5.74, 6) is -2.14. The van der Waals surface area contributed by atoms with Crippen LogP contribution in [-0.4, -0.2) is 16.0 Å². The van der Waals surface area contributed by atoms with Gasteiger partial charge in [-0.3, -0.25) is 0 Å². The summed E-state index contributed by atoms with van der Waals surface area (Å²) in [6.45, 7) is 1.04. The summed E-state index contributed by atoms with van der Waals surface area (Å²) in [4.78, 5) is 0. The van der Waals surface area contributed by atoms with Crippen LogP contribution < -0.4 is 0 Å². The predicted octanol–water partition coefficient (Wildman–Crippen LogP) is 1.95. The van der Waals surface area contributed by atoms with E-state index in [1.165, 1.54) is 18.2 Å². The van der Waals surface area contributed by atoms with Crippen molar-refractivity contribution >= 4 is 0 Å². The molecule has 15 heavy (non-hydrogen) atoms. The van der Waals surface area contributed by atoms with Gasteiger partial charge in [0.1, 0.15) is 0 Å². The van der Waals surface area contributed by atoms with E-state index in [2.05, 4.69) is 0 Å². The van der Waals surface area contributed by atoms with Gasteiger partial charge in [-0.2, -0.15) is 13.2 Å². The Balaban J connectivity index is 3.08. The Labute approximate surface area is 85.0 Å². The Kier molecular flexibility index (Phi) is 3.06. The van der Waals surface area contributed by atoms with Crippen molar-refractivity contribution in [3.8, 4) is 0 Å². The molecule has 2 N–H and O–H groups in total. The number of halogens is 3. The Morgan fingerprint density at radius 2 is 1.67 bits per heavy atom. The van der Waals surface area contributed by atoms with Crippen molar-refractivity contribution in [1.29, 1.82) is 0 Å².